The lowest BCUT2D eigenvalue weighted by molar-refractivity contribution is 0.561. The van der Waals surface area contributed by atoms with E-state index in [1.54, 1.807) is 11.3 Å². The zero-order valence-electron chi connectivity index (χ0n) is 9.55. The van der Waals surface area contributed by atoms with Crippen LogP contribution < -0.4 is 5.32 Å². The van der Waals surface area contributed by atoms with E-state index < -0.39 is 0 Å². The Morgan fingerprint density at radius 1 is 1.56 bits per heavy atom. The third-order valence-corrected chi connectivity index (χ3v) is 3.29. The van der Waals surface area contributed by atoms with Crippen LogP contribution >= 0.6 is 11.3 Å². The van der Waals surface area contributed by atoms with E-state index in [1.807, 2.05) is 35.7 Å². The van der Waals surface area contributed by atoms with Gasteiger partial charge >= 0.3 is 0 Å². The summed E-state index contributed by atoms with van der Waals surface area (Å²) in [6.45, 7) is 3.14. The maximum atomic E-state index is 4.40. The molecule has 4 nitrogen and oxygen atoms in total. The molecule has 2 aromatic rings. The van der Waals surface area contributed by atoms with Crippen LogP contribution in [0.2, 0.25) is 0 Å². The Labute approximate surface area is 99.4 Å². The number of aryl methyl sites for hydroxylation is 1. The zero-order chi connectivity index (χ0) is 11.4. The minimum absolute atomic E-state index is 0.160. The molecule has 86 valence electrons. The smallest absolute Gasteiger partial charge is 0.131 e. The standard InChI is InChI=1S/C11H16N4S/c1-3-4-13-10(9-7-12-8-16-9)11-14-5-6-15(11)2/h5-8,10,13H,3-4H2,1-2H3. The van der Waals surface area contributed by atoms with Crippen molar-refractivity contribution in [3.05, 3.63) is 34.8 Å². The summed E-state index contributed by atoms with van der Waals surface area (Å²) < 4.78 is 2.05. The van der Waals surface area contributed by atoms with Crippen LogP contribution in [0.1, 0.15) is 30.1 Å². The minimum atomic E-state index is 0.160. The van der Waals surface area contributed by atoms with Crippen LogP contribution in [-0.2, 0) is 7.05 Å². The molecule has 0 aromatic carbocycles. The predicted octanol–water partition coefficient (Wildman–Crippen LogP) is 1.97. The summed E-state index contributed by atoms with van der Waals surface area (Å²) in [4.78, 5) is 9.75. The summed E-state index contributed by atoms with van der Waals surface area (Å²) in [5, 5.41) is 3.50. The highest BCUT2D eigenvalue weighted by molar-refractivity contribution is 7.09. The van der Waals surface area contributed by atoms with Gasteiger partial charge in [0.05, 0.1) is 5.51 Å². The molecule has 0 radical (unpaired) electrons. The maximum absolute atomic E-state index is 4.40. The van der Waals surface area contributed by atoms with Crippen molar-refractivity contribution >= 4 is 11.3 Å². The average molecular weight is 236 g/mol. The van der Waals surface area contributed by atoms with Crippen LogP contribution in [0.4, 0.5) is 0 Å². The topological polar surface area (TPSA) is 42.7 Å². The van der Waals surface area contributed by atoms with E-state index in [-0.39, 0.29) is 6.04 Å². The molecule has 0 saturated heterocycles. The lowest BCUT2D eigenvalue weighted by atomic mass is 10.2. The Morgan fingerprint density at radius 3 is 3.00 bits per heavy atom. The van der Waals surface area contributed by atoms with Crippen molar-refractivity contribution in [2.45, 2.75) is 19.4 Å². The number of aromatic nitrogens is 3. The van der Waals surface area contributed by atoms with Gasteiger partial charge in [-0.3, -0.25) is 4.98 Å². The molecule has 0 aliphatic heterocycles. The summed E-state index contributed by atoms with van der Waals surface area (Å²) in [5.41, 5.74) is 1.86. The van der Waals surface area contributed by atoms with Gasteiger partial charge in [0, 0.05) is 30.5 Å². The molecule has 0 bridgehead atoms. The number of hydrogen-bond acceptors (Lipinski definition) is 4. The molecule has 0 aliphatic carbocycles. The molecule has 1 N–H and O–H groups in total. The van der Waals surface area contributed by atoms with Gasteiger partial charge in [0.25, 0.3) is 0 Å². The first-order valence-corrected chi connectivity index (χ1v) is 6.30. The van der Waals surface area contributed by atoms with Crippen molar-refractivity contribution in [3.8, 4) is 0 Å². The van der Waals surface area contributed by atoms with Crippen molar-refractivity contribution in [1.29, 1.82) is 0 Å². The number of thiazole rings is 1. The van der Waals surface area contributed by atoms with Crippen LogP contribution in [0.3, 0.4) is 0 Å². The van der Waals surface area contributed by atoms with Crippen LogP contribution in [0, 0.1) is 0 Å². The zero-order valence-corrected chi connectivity index (χ0v) is 10.4. The van der Waals surface area contributed by atoms with E-state index in [9.17, 15) is 0 Å². The van der Waals surface area contributed by atoms with Gasteiger partial charge in [-0.25, -0.2) is 4.98 Å². The fourth-order valence-electron chi connectivity index (χ4n) is 1.63. The number of nitrogens with zero attached hydrogens (tertiary/aromatic N) is 3. The molecule has 2 rings (SSSR count). The Hall–Kier alpha value is -1.20. The molecule has 2 heterocycles. The molecule has 1 unspecified atom stereocenters. The van der Waals surface area contributed by atoms with E-state index in [1.165, 1.54) is 4.88 Å². The van der Waals surface area contributed by atoms with Gasteiger partial charge in [-0.15, -0.1) is 11.3 Å². The van der Waals surface area contributed by atoms with Gasteiger partial charge in [0.1, 0.15) is 11.9 Å². The Bertz CT molecular complexity index is 421. The second-order valence-corrected chi connectivity index (χ2v) is 4.61. The highest BCUT2D eigenvalue weighted by atomic mass is 32.1. The molecular formula is C11H16N4S. The van der Waals surface area contributed by atoms with Gasteiger partial charge < -0.3 is 9.88 Å². The van der Waals surface area contributed by atoms with E-state index in [0.717, 1.165) is 18.8 Å². The molecule has 0 aliphatic rings. The lowest BCUT2D eigenvalue weighted by Gasteiger charge is -2.16. The molecule has 5 heteroatoms. The maximum Gasteiger partial charge on any atom is 0.131 e. The van der Waals surface area contributed by atoms with Crippen molar-refractivity contribution < 1.29 is 0 Å². The third kappa shape index (κ3) is 2.31. The normalized spacial score (nSPS) is 12.9. The van der Waals surface area contributed by atoms with Gasteiger partial charge in [0.2, 0.25) is 0 Å². The first kappa shape index (κ1) is 11.3. The fraction of sp³-hybridized carbons (Fsp3) is 0.455. The van der Waals surface area contributed by atoms with E-state index in [4.69, 9.17) is 0 Å². The molecule has 2 aromatic heterocycles. The number of imidazole rings is 1. The second-order valence-electron chi connectivity index (χ2n) is 3.69. The monoisotopic (exact) mass is 236 g/mol. The molecule has 16 heavy (non-hydrogen) atoms. The largest absolute Gasteiger partial charge is 0.336 e. The van der Waals surface area contributed by atoms with Crippen molar-refractivity contribution in [2.75, 3.05) is 6.54 Å². The Kier molecular flexibility index (Phi) is 3.69. The highest BCUT2D eigenvalue weighted by Gasteiger charge is 2.18. The molecular weight excluding hydrogens is 220 g/mol. The Balaban J connectivity index is 2.25. The van der Waals surface area contributed by atoms with E-state index >= 15 is 0 Å². The van der Waals surface area contributed by atoms with Crippen molar-refractivity contribution in [1.82, 2.24) is 19.9 Å². The quantitative estimate of drug-likeness (QED) is 0.863. The Morgan fingerprint density at radius 2 is 2.44 bits per heavy atom. The molecule has 0 fully saturated rings. The molecule has 0 spiro atoms. The number of rotatable bonds is 5. The van der Waals surface area contributed by atoms with Gasteiger partial charge in [0.15, 0.2) is 0 Å². The van der Waals surface area contributed by atoms with Crippen molar-refractivity contribution in [3.63, 3.8) is 0 Å². The summed E-state index contributed by atoms with van der Waals surface area (Å²) in [6.07, 6.45) is 6.82. The van der Waals surface area contributed by atoms with E-state index in [0.29, 0.717) is 0 Å². The SMILES string of the molecule is CCCNC(c1cncs1)c1nccn1C. The number of hydrogen-bond donors (Lipinski definition) is 1. The van der Waals surface area contributed by atoms with Gasteiger partial charge in [-0.2, -0.15) is 0 Å². The first-order valence-electron chi connectivity index (χ1n) is 5.42. The van der Waals surface area contributed by atoms with Gasteiger partial charge in [-0.1, -0.05) is 6.92 Å². The van der Waals surface area contributed by atoms with Crippen LogP contribution in [-0.4, -0.2) is 21.1 Å². The summed E-state index contributed by atoms with van der Waals surface area (Å²) >= 11 is 1.66. The second kappa shape index (κ2) is 5.23. The minimum Gasteiger partial charge on any atom is -0.336 e. The summed E-state index contributed by atoms with van der Waals surface area (Å²) in [7, 11) is 2.02. The summed E-state index contributed by atoms with van der Waals surface area (Å²) in [5.74, 6) is 1.04. The predicted molar refractivity (Wildman–Crippen MR) is 65.5 cm³/mol. The summed E-state index contributed by atoms with van der Waals surface area (Å²) in [6, 6.07) is 0.160. The highest BCUT2D eigenvalue weighted by Crippen LogP contribution is 2.23. The third-order valence-electron chi connectivity index (χ3n) is 2.45. The fourth-order valence-corrected chi connectivity index (χ4v) is 2.32. The first-order chi connectivity index (χ1) is 7.83. The van der Waals surface area contributed by atoms with Gasteiger partial charge in [-0.05, 0) is 13.0 Å². The van der Waals surface area contributed by atoms with Crippen LogP contribution in [0.15, 0.2) is 24.1 Å². The molecule has 0 amide bonds. The molecule has 1 atom stereocenters. The van der Waals surface area contributed by atoms with Crippen LogP contribution in [0.5, 0.6) is 0 Å². The van der Waals surface area contributed by atoms with Crippen molar-refractivity contribution in [2.24, 2.45) is 7.05 Å². The van der Waals surface area contributed by atoms with Crippen LogP contribution in [0.25, 0.3) is 0 Å². The average Bonchev–Trinajstić information content (AvgIpc) is 2.91. The molecule has 0 saturated carbocycles. The lowest BCUT2D eigenvalue weighted by Crippen LogP contribution is -2.25. The number of nitrogens with one attached hydrogen (secondary N) is 1. The van der Waals surface area contributed by atoms with E-state index in [2.05, 4.69) is 22.2 Å².